The van der Waals surface area contributed by atoms with Crippen molar-refractivity contribution >= 4 is 5.91 Å². The van der Waals surface area contributed by atoms with E-state index in [-0.39, 0.29) is 17.2 Å². The minimum Gasteiger partial charge on any atom is -0.406 e. The first-order valence-electron chi connectivity index (χ1n) is 7.08. The molecule has 0 radical (unpaired) electrons. The first kappa shape index (κ1) is 15.7. The number of alkyl halides is 3. The molecule has 1 aromatic rings. The van der Waals surface area contributed by atoms with Crippen LogP contribution in [0.25, 0.3) is 0 Å². The van der Waals surface area contributed by atoms with Crippen LogP contribution in [0.15, 0.2) is 24.3 Å². The Hall–Kier alpha value is -1.72. The molecular formula is C15H18F3NO2. The van der Waals surface area contributed by atoms with Crippen LogP contribution in [0.1, 0.15) is 42.5 Å². The topological polar surface area (TPSA) is 38.3 Å². The zero-order valence-corrected chi connectivity index (χ0v) is 11.6. The third-order valence-electron chi connectivity index (χ3n) is 3.61. The SMILES string of the molecule is O=C(NCC1CCCCC1)c1cccc(OC(F)(F)F)c1. The lowest BCUT2D eigenvalue weighted by Gasteiger charge is -2.21. The van der Waals surface area contributed by atoms with E-state index in [0.29, 0.717) is 12.5 Å². The summed E-state index contributed by atoms with van der Waals surface area (Å²) in [6.07, 6.45) is 1.03. The number of rotatable bonds is 4. The first-order valence-corrected chi connectivity index (χ1v) is 7.08. The Balaban J connectivity index is 1.91. The zero-order chi connectivity index (χ0) is 15.3. The lowest BCUT2D eigenvalue weighted by atomic mass is 9.89. The molecule has 0 aliphatic heterocycles. The quantitative estimate of drug-likeness (QED) is 0.916. The largest absolute Gasteiger partial charge is 0.573 e. The van der Waals surface area contributed by atoms with Crippen molar-refractivity contribution in [3.63, 3.8) is 0 Å². The van der Waals surface area contributed by atoms with E-state index in [2.05, 4.69) is 10.1 Å². The molecule has 0 saturated heterocycles. The molecule has 6 heteroatoms. The highest BCUT2D eigenvalue weighted by Gasteiger charge is 2.31. The normalized spacial score (nSPS) is 16.5. The fourth-order valence-corrected chi connectivity index (χ4v) is 2.56. The van der Waals surface area contributed by atoms with Crippen LogP contribution in [0.5, 0.6) is 5.75 Å². The number of benzene rings is 1. The van der Waals surface area contributed by atoms with Gasteiger partial charge in [-0.3, -0.25) is 4.79 Å². The van der Waals surface area contributed by atoms with Gasteiger partial charge in [-0.2, -0.15) is 0 Å². The van der Waals surface area contributed by atoms with Gasteiger partial charge in [0.25, 0.3) is 5.91 Å². The lowest BCUT2D eigenvalue weighted by molar-refractivity contribution is -0.274. The second-order valence-electron chi connectivity index (χ2n) is 5.29. The Morgan fingerprint density at radius 2 is 1.95 bits per heavy atom. The Bertz CT molecular complexity index is 482. The molecule has 0 unspecified atom stereocenters. The molecule has 0 atom stereocenters. The summed E-state index contributed by atoms with van der Waals surface area (Å²) in [5.74, 6) is -0.279. The third-order valence-corrected chi connectivity index (χ3v) is 3.61. The number of amides is 1. The number of carbonyl (C=O) groups excluding carboxylic acids is 1. The van der Waals surface area contributed by atoms with Gasteiger partial charge in [-0.15, -0.1) is 13.2 Å². The fraction of sp³-hybridized carbons (Fsp3) is 0.533. The van der Waals surface area contributed by atoms with E-state index in [4.69, 9.17) is 0 Å². The van der Waals surface area contributed by atoms with Crippen molar-refractivity contribution in [2.24, 2.45) is 5.92 Å². The average Bonchev–Trinajstić information content (AvgIpc) is 2.44. The van der Waals surface area contributed by atoms with Gasteiger partial charge in [-0.1, -0.05) is 25.3 Å². The number of nitrogens with one attached hydrogen (secondary N) is 1. The van der Waals surface area contributed by atoms with E-state index in [0.717, 1.165) is 18.9 Å². The minimum absolute atomic E-state index is 0.174. The van der Waals surface area contributed by atoms with Gasteiger partial charge in [-0.05, 0) is 37.0 Å². The third kappa shape index (κ3) is 5.28. The molecule has 2 rings (SSSR count). The van der Waals surface area contributed by atoms with Gasteiger partial charge in [0.05, 0.1) is 0 Å². The minimum atomic E-state index is -4.75. The average molecular weight is 301 g/mol. The predicted octanol–water partition coefficient (Wildman–Crippen LogP) is 3.90. The first-order chi connectivity index (χ1) is 9.94. The van der Waals surface area contributed by atoms with Crippen LogP contribution < -0.4 is 10.1 Å². The number of hydrogen-bond acceptors (Lipinski definition) is 2. The Kier molecular flexibility index (Phi) is 5.09. The van der Waals surface area contributed by atoms with Gasteiger partial charge in [0, 0.05) is 12.1 Å². The van der Waals surface area contributed by atoms with Crippen molar-refractivity contribution in [3.05, 3.63) is 29.8 Å². The summed E-state index contributed by atoms with van der Waals surface area (Å²) in [6.45, 7) is 0.573. The Labute approximate surface area is 121 Å². The van der Waals surface area contributed by atoms with Gasteiger partial charge >= 0.3 is 6.36 Å². The van der Waals surface area contributed by atoms with Crippen LogP contribution in [0.4, 0.5) is 13.2 Å². The highest BCUT2D eigenvalue weighted by atomic mass is 19.4. The molecule has 0 bridgehead atoms. The smallest absolute Gasteiger partial charge is 0.406 e. The number of carbonyl (C=O) groups is 1. The van der Waals surface area contributed by atoms with Gasteiger partial charge in [0.15, 0.2) is 0 Å². The summed E-state index contributed by atoms with van der Waals surface area (Å²) < 4.78 is 40.2. The highest BCUT2D eigenvalue weighted by Crippen LogP contribution is 2.24. The van der Waals surface area contributed by atoms with Crippen LogP contribution in [0.2, 0.25) is 0 Å². The monoisotopic (exact) mass is 301 g/mol. The van der Waals surface area contributed by atoms with Crippen LogP contribution in [-0.2, 0) is 0 Å². The second-order valence-corrected chi connectivity index (χ2v) is 5.29. The molecule has 116 valence electrons. The summed E-state index contributed by atoms with van der Waals surface area (Å²) in [5.41, 5.74) is 0.174. The fourth-order valence-electron chi connectivity index (χ4n) is 2.56. The molecule has 1 aliphatic rings. The maximum atomic E-state index is 12.1. The van der Waals surface area contributed by atoms with Gasteiger partial charge in [-0.25, -0.2) is 0 Å². The van der Waals surface area contributed by atoms with Crippen molar-refractivity contribution in [2.45, 2.75) is 38.5 Å². The summed E-state index contributed by atoms with van der Waals surface area (Å²) in [4.78, 5) is 12.0. The van der Waals surface area contributed by atoms with Crippen molar-refractivity contribution in [3.8, 4) is 5.75 Å². The van der Waals surface area contributed by atoms with Gasteiger partial charge in [0.2, 0.25) is 0 Å². The van der Waals surface area contributed by atoms with E-state index in [1.807, 2.05) is 0 Å². The molecule has 1 amide bonds. The maximum Gasteiger partial charge on any atom is 0.573 e. The molecule has 0 aromatic heterocycles. The molecular weight excluding hydrogens is 283 g/mol. The molecule has 21 heavy (non-hydrogen) atoms. The van der Waals surface area contributed by atoms with E-state index in [1.54, 1.807) is 0 Å². The molecule has 1 saturated carbocycles. The van der Waals surface area contributed by atoms with E-state index < -0.39 is 6.36 Å². The predicted molar refractivity (Wildman–Crippen MR) is 72.0 cm³/mol. The molecule has 1 aliphatic carbocycles. The summed E-state index contributed by atoms with van der Waals surface area (Å²) >= 11 is 0. The number of halogens is 3. The van der Waals surface area contributed by atoms with E-state index in [1.165, 1.54) is 37.5 Å². The summed E-state index contributed by atoms with van der Waals surface area (Å²) in [6, 6.07) is 5.12. The summed E-state index contributed by atoms with van der Waals surface area (Å²) in [5, 5.41) is 2.78. The molecule has 0 spiro atoms. The lowest BCUT2D eigenvalue weighted by Crippen LogP contribution is -2.30. The standard InChI is InChI=1S/C15H18F3NO2/c16-15(17,18)21-13-8-4-7-12(9-13)14(20)19-10-11-5-2-1-3-6-11/h4,7-9,11H,1-3,5-6,10H2,(H,19,20). The van der Waals surface area contributed by atoms with Crippen LogP contribution >= 0.6 is 0 Å². The molecule has 0 heterocycles. The van der Waals surface area contributed by atoms with Crippen molar-refractivity contribution < 1.29 is 22.7 Å². The number of hydrogen-bond donors (Lipinski definition) is 1. The Morgan fingerprint density at radius 1 is 1.24 bits per heavy atom. The van der Waals surface area contributed by atoms with Gasteiger partial charge < -0.3 is 10.1 Å². The zero-order valence-electron chi connectivity index (χ0n) is 11.6. The molecule has 3 nitrogen and oxygen atoms in total. The van der Waals surface area contributed by atoms with Crippen LogP contribution in [0.3, 0.4) is 0 Å². The second kappa shape index (κ2) is 6.83. The maximum absolute atomic E-state index is 12.1. The molecule has 1 fully saturated rings. The van der Waals surface area contributed by atoms with Crippen LogP contribution in [-0.4, -0.2) is 18.8 Å². The Morgan fingerprint density at radius 3 is 2.62 bits per heavy atom. The van der Waals surface area contributed by atoms with Crippen molar-refractivity contribution in [1.29, 1.82) is 0 Å². The van der Waals surface area contributed by atoms with Crippen molar-refractivity contribution in [1.82, 2.24) is 5.32 Å². The van der Waals surface area contributed by atoms with E-state index >= 15 is 0 Å². The van der Waals surface area contributed by atoms with Crippen LogP contribution in [0, 0.1) is 5.92 Å². The number of ether oxygens (including phenoxy) is 1. The molecule has 1 N–H and O–H groups in total. The van der Waals surface area contributed by atoms with Gasteiger partial charge in [0.1, 0.15) is 5.75 Å². The molecule has 1 aromatic carbocycles. The van der Waals surface area contributed by atoms with Crippen molar-refractivity contribution in [2.75, 3.05) is 6.54 Å². The van der Waals surface area contributed by atoms with E-state index in [9.17, 15) is 18.0 Å². The summed E-state index contributed by atoms with van der Waals surface area (Å²) in [7, 11) is 0. The highest BCUT2D eigenvalue weighted by molar-refractivity contribution is 5.94.